The van der Waals surface area contributed by atoms with Crippen LogP contribution in [0.5, 0.6) is 5.75 Å². The van der Waals surface area contributed by atoms with Crippen LogP contribution in [0.2, 0.25) is 0 Å². The van der Waals surface area contributed by atoms with Gasteiger partial charge in [-0.3, -0.25) is 4.79 Å². The molecule has 2 aliphatic heterocycles. The molecular formula is C27H28N4O2S. The van der Waals surface area contributed by atoms with Gasteiger partial charge in [-0.25, -0.2) is 4.68 Å². The molecule has 3 heterocycles. The van der Waals surface area contributed by atoms with Gasteiger partial charge in [0.15, 0.2) is 5.17 Å². The lowest BCUT2D eigenvalue weighted by atomic mass is 10.1. The molecule has 2 aliphatic rings. The van der Waals surface area contributed by atoms with Crippen molar-refractivity contribution in [3.8, 4) is 22.7 Å². The number of carbonyl (C=O) groups is 1. The summed E-state index contributed by atoms with van der Waals surface area (Å²) in [6.45, 7) is 4.53. The van der Waals surface area contributed by atoms with E-state index in [-0.39, 0.29) is 5.91 Å². The lowest BCUT2D eigenvalue weighted by molar-refractivity contribution is -0.113. The van der Waals surface area contributed by atoms with E-state index >= 15 is 0 Å². The third kappa shape index (κ3) is 4.94. The fourth-order valence-corrected chi connectivity index (χ4v) is 5.20. The monoisotopic (exact) mass is 472 g/mol. The number of carbonyl (C=O) groups excluding carboxylic acids is 1. The summed E-state index contributed by atoms with van der Waals surface area (Å²) in [6.07, 6.45) is 8.70. The standard InChI is InChI=1S/C27H28N4O2S/c1-2-33-23-14-12-20(13-15-23)25-21(19-31(29-25)22-10-6-5-7-11-22)18-24-26(32)28-27(34-24)30-16-8-3-4-9-17-30/h5-7,10-15,18-19H,2-4,8-9,16-17H2,1H3. The van der Waals surface area contributed by atoms with Crippen molar-refractivity contribution in [1.29, 1.82) is 0 Å². The number of aromatic nitrogens is 2. The van der Waals surface area contributed by atoms with Crippen LogP contribution in [0.4, 0.5) is 0 Å². The molecule has 1 aromatic heterocycles. The summed E-state index contributed by atoms with van der Waals surface area (Å²) in [7, 11) is 0. The number of amides is 1. The fourth-order valence-electron chi connectivity index (χ4n) is 4.24. The first-order valence-electron chi connectivity index (χ1n) is 11.9. The minimum absolute atomic E-state index is 0.172. The first kappa shape index (κ1) is 22.5. The van der Waals surface area contributed by atoms with Crippen LogP contribution in [0.15, 0.2) is 70.7 Å². The van der Waals surface area contributed by atoms with Gasteiger partial charge in [-0.2, -0.15) is 10.1 Å². The number of ether oxygens (including phenoxy) is 1. The van der Waals surface area contributed by atoms with Crippen LogP contribution >= 0.6 is 11.8 Å². The van der Waals surface area contributed by atoms with Gasteiger partial charge in [0, 0.05) is 30.4 Å². The molecule has 2 aromatic carbocycles. The Morgan fingerprint density at radius 2 is 1.74 bits per heavy atom. The summed E-state index contributed by atoms with van der Waals surface area (Å²) in [5.41, 5.74) is 3.63. The molecule has 0 aliphatic carbocycles. The molecule has 1 fully saturated rings. The second-order valence-corrected chi connectivity index (χ2v) is 9.39. The number of nitrogens with zero attached hydrogens (tertiary/aromatic N) is 4. The Kier molecular flexibility index (Phi) is 6.81. The second kappa shape index (κ2) is 10.3. The smallest absolute Gasteiger partial charge is 0.286 e. The predicted molar refractivity (Wildman–Crippen MR) is 138 cm³/mol. The number of para-hydroxylation sites is 1. The average molecular weight is 473 g/mol. The van der Waals surface area contributed by atoms with Crippen molar-refractivity contribution < 1.29 is 9.53 Å². The van der Waals surface area contributed by atoms with Crippen LogP contribution in [0.1, 0.15) is 38.2 Å². The molecular weight excluding hydrogens is 444 g/mol. The second-order valence-electron chi connectivity index (χ2n) is 8.38. The molecule has 0 radical (unpaired) electrons. The van der Waals surface area contributed by atoms with Gasteiger partial charge >= 0.3 is 0 Å². The Labute approximate surface area is 204 Å². The summed E-state index contributed by atoms with van der Waals surface area (Å²) >= 11 is 1.48. The summed E-state index contributed by atoms with van der Waals surface area (Å²) in [6, 6.07) is 17.9. The van der Waals surface area contributed by atoms with E-state index in [1.54, 1.807) is 0 Å². The zero-order valence-corrected chi connectivity index (χ0v) is 20.1. The number of hydrogen-bond acceptors (Lipinski definition) is 5. The fraction of sp³-hybridized carbons (Fsp3) is 0.296. The van der Waals surface area contributed by atoms with Crippen LogP contribution in [0.25, 0.3) is 23.0 Å². The highest BCUT2D eigenvalue weighted by atomic mass is 32.2. The normalized spacial score (nSPS) is 17.7. The van der Waals surface area contributed by atoms with E-state index in [0.29, 0.717) is 11.5 Å². The molecule has 7 heteroatoms. The summed E-state index contributed by atoms with van der Waals surface area (Å²) < 4.78 is 7.46. The lowest BCUT2D eigenvalue weighted by Crippen LogP contribution is -2.28. The van der Waals surface area contributed by atoms with Crippen LogP contribution in [-0.4, -0.2) is 45.5 Å². The highest BCUT2D eigenvalue weighted by Gasteiger charge is 2.27. The number of hydrogen-bond donors (Lipinski definition) is 0. The minimum Gasteiger partial charge on any atom is -0.494 e. The molecule has 0 N–H and O–H groups in total. The van der Waals surface area contributed by atoms with Crippen molar-refractivity contribution in [2.45, 2.75) is 32.6 Å². The molecule has 1 saturated heterocycles. The van der Waals surface area contributed by atoms with E-state index in [4.69, 9.17) is 9.84 Å². The zero-order valence-electron chi connectivity index (χ0n) is 19.3. The largest absolute Gasteiger partial charge is 0.494 e. The first-order valence-corrected chi connectivity index (χ1v) is 12.7. The van der Waals surface area contributed by atoms with Crippen molar-refractivity contribution >= 4 is 28.9 Å². The van der Waals surface area contributed by atoms with Gasteiger partial charge in [0.05, 0.1) is 22.9 Å². The summed E-state index contributed by atoms with van der Waals surface area (Å²) in [5, 5.41) is 5.71. The Morgan fingerprint density at radius 1 is 1.00 bits per heavy atom. The Hall–Kier alpha value is -3.32. The van der Waals surface area contributed by atoms with Crippen molar-refractivity contribution in [3.05, 3.63) is 71.3 Å². The van der Waals surface area contributed by atoms with Gasteiger partial charge in [-0.05, 0) is 74.0 Å². The number of benzene rings is 2. The van der Waals surface area contributed by atoms with Gasteiger partial charge in [-0.1, -0.05) is 31.0 Å². The molecule has 0 spiro atoms. The molecule has 6 nitrogen and oxygen atoms in total. The summed E-state index contributed by atoms with van der Waals surface area (Å²) in [5.74, 6) is 0.653. The quantitative estimate of drug-likeness (QED) is 0.440. The van der Waals surface area contributed by atoms with Gasteiger partial charge < -0.3 is 9.64 Å². The van der Waals surface area contributed by atoms with Gasteiger partial charge in [0.25, 0.3) is 5.91 Å². The zero-order chi connectivity index (χ0) is 23.3. The number of aliphatic imine (C=N–C) groups is 1. The maximum absolute atomic E-state index is 12.8. The Morgan fingerprint density at radius 3 is 2.44 bits per heavy atom. The van der Waals surface area contributed by atoms with E-state index in [1.165, 1.54) is 24.6 Å². The van der Waals surface area contributed by atoms with Crippen molar-refractivity contribution in [2.24, 2.45) is 4.99 Å². The molecule has 0 bridgehead atoms. The number of likely N-dealkylation sites (tertiary alicyclic amines) is 1. The predicted octanol–water partition coefficient (Wildman–Crippen LogP) is 5.78. The first-order chi connectivity index (χ1) is 16.7. The highest BCUT2D eigenvalue weighted by molar-refractivity contribution is 8.18. The van der Waals surface area contributed by atoms with Crippen LogP contribution < -0.4 is 4.74 Å². The molecule has 0 unspecified atom stereocenters. The maximum Gasteiger partial charge on any atom is 0.286 e. The van der Waals surface area contributed by atoms with Crippen LogP contribution in [-0.2, 0) is 4.79 Å². The Balaban J connectivity index is 1.48. The lowest BCUT2D eigenvalue weighted by Gasteiger charge is -2.20. The maximum atomic E-state index is 12.8. The van der Waals surface area contributed by atoms with E-state index < -0.39 is 0 Å². The number of rotatable bonds is 5. The topological polar surface area (TPSA) is 59.7 Å². The van der Waals surface area contributed by atoms with Crippen LogP contribution in [0.3, 0.4) is 0 Å². The van der Waals surface area contributed by atoms with Gasteiger partial charge in [-0.15, -0.1) is 0 Å². The van der Waals surface area contributed by atoms with Gasteiger partial charge in [0.1, 0.15) is 5.75 Å². The minimum atomic E-state index is -0.172. The van der Waals surface area contributed by atoms with Crippen molar-refractivity contribution in [2.75, 3.05) is 19.7 Å². The highest BCUT2D eigenvalue weighted by Crippen LogP contribution is 2.34. The molecule has 5 rings (SSSR count). The molecule has 0 atom stereocenters. The molecule has 1 amide bonds. The third-order valence-electron chi connectivity index (χ3n) is 5.97. The molecule has 34 heavy (non-hydrogen) atoms. The SMILES string of the molecule is CCOc1ccc(-c2nn(-c3ccccc3)cc2C=C2SC(N3CCCCCC3)=NC2=O)cc1. The van der Waals surface area contributed by atoms with E-state index in [0.717, 1.165) is 59.4 Å². The molecule has 3 aromatic rings. The van der Waals surface area contributed by atoms with E-state index in [9.17, 15) is 4.79 Å². The van der Waals surface area contributed by atoms with E-state index in [2.05, 4.69) is 9.89 Å². The van der Waals surface area contributed by atoms with E-state index in [1.807, 2.05) is 78.5 Å². The third-order valence-corrected chi connectivity index (χ3v) is 7.02. The van der Waals surface area contributed by atoms with Gasteiger partial charge in [0.2, 0.25) is 0 Å². The number of amidine groups is 1. The summed E-state index contributed by atoms with van der Waals surface area (Å²) in [4.78, 5) is 20.1. The molecule has 0 saturated carbocycles. The Bertz CT molecular complexity index is 1210. The van der Waals surface area contributed by atoms with Crippen LogP contribution in [0, 0.1) is 0 Å². The average Bonchev–Trinajstić information content (AvgIpc) is 3.33. The van der Waals surface area contributed by atoms with Crippen molar-refractivity contribution in [3.63, 3.8) is 0 Å². The molecule has 174 valence electrons. The number of thioether (sulfide) groups is 1. The van der Waals surface area contributed by atoms with Crippen molar-refractivity contribution in [1.82, 2.24) is 14.7 Å².